The molecule has 90 valence electrons. The summed E-state index contributed by atoms with van der Waals surface area (Å²) in [5, 5.41) is 6.21. The smallest absolute Gasteiger partial charge is 0.248 e. The van der Waals surface area contributed by atoms with Crippen molar-refractivity contribution in [3.8, 4) is 0 Å². The Bertz CT molecular complexity index is 459. The Morgan fingerprint density at radius 1 is 1.35 bits per heavy atom. The molecular weight excluding hydrogens is 212 g/mol. The highest BCUT2D eigenvalue weighted by Crippen LogP contribution is 2.18. The van der Waals surface area contributed by atoms with Gasteiger partial charge in [0.05, 0.1) is 0 Å². The maximum absolute atomic E-state index is 11.6. The summed E-state index contributed by atoms with van der Waals surface area (Å²) in [4.78, 5) is 11.6. The van der Waals surface area contributed by atoms with Crippen LogP contribution < -0.4 is 10.6 Å². The maximum atomic E-state index is 11.6. The minimum absolute atomic E-state index is 0.0614. The van der Waals surface area contributed by atoms with Crippen LogP contribution in [0.25, 0.3) is 0 Å². The largest absolute Gasteiger partial charge is 0.323 e. The van der Waals surface area contributed by atoms with Crippen molar-refractivity contribution in [3.63, 3.8) is 0 Å². The summed E-state index contributed by atoms with van der Waals surface area (Å²) in [7, 11) is 0. The van der Waals surface area contributed by atoms with Gasteiger partial charge in [-0.3, -0.25) is 4.79 Å². The van der Waals surface area contributed by atoms with E-state index in [-0.39, 0.29) is 5.91 Å². The van der Waals surface area contributed by atoms with Crippen LogP contribution in [-0.4, -0.2) is 12.5 Å². The topological polar surface area (TPSA) is 41.1 Å². The van der Waals surface area contributed by atoms with Crippen molar-refractivity contribution in [1.82, 2.24) is 5.32 Å². The molecule has 0 fully saturated rings. The van der Waals surface area contributed by atoms with Crippen molar-refractivity contribution >= 4 is 11.6 Å². The minimum Gasteiger partial charge on any atom is -0.323 e. The first-order chi connectivity index (χ1) is 8.15. The molecule has 0 aromatic heterocycles. The molecule has 1 aliphatic rings. The minimum atomic E-state index is -0.0614. The number of amides is 1. The third-order valence-electron chi connectivity index (χ3n) is 2.78. The second-order valence-corrected chi connectivity index (χ2v) is 4.62. The fourth-order valence-corrected chi connectivity index (χ4v) is 2.00. The monoisotopic (exact) mass is 230 g/mol. The number of allylic oxidation sites excluding steroid dienone is 1. The van der Waals surface area contributed by atoms with E-state index in [1.54, 1.807) is 6.08 Å². The Hall–Kier alpha value is -1.61. The van der Waals surface area contributed by atoms with Crippen molar-refractivity contribution in [1.29, 1.82) is 0 Å². The molecule has 1 aromatic rings. The zero-order valence-corrected chi connectivity index (χ0v) is 10.3. The van der Waals surface area contributed by atoms with Crippen molar-refractivity contribution in [2.45, 2.75) is 26.8 Å². The van der Waals surface area contributed by atoms with Crippen molar-refractivity contribution in [2.24, 2.45) is 0 Å². The Morgan fingerprint density at radius 2 is 2.18 bits per heavy atom. The molecule has 0 aliphatic carbocycles. The Balaban J connectivity index is 2.12. The zero-order chi connectivity index (χ0) is 12.3. The number of benzene rings is 1. The molecule has 0 bridgehead atoms. The number of rotatable bonds is 2. The third kappa shape index (κ3) is 3.17. The van der Waals surface area contributed by atoms with Crippen LogP contribution in [0.4, 0.5) is 5.69 Å². The van der Waals surface area contributed by atoms with E-state index < -0.39 is 0 Å². The lowest BCUT2D eigenvalue weighted by Gasteiger charge is -2.17. The predicted octanol–water partition coefficient (Wildman–Crippen LogP) is 2.24. The molecule has 1 aromatic carbocycles. The fraction of sp³-hybridized carbons (Fsp3) is 0.357. The van der Waals surface area contributed by atoms with Gasteiger partial charge in [-0.2, -0.15) is 0 Å². The summed E-state index contributed by atoms with van der Waals surface area (Å²) >= 11 is 0. The molecule has 0 atom stereocenters. The molecule has 0 saturated heterocycles. The van der Waals surface area contributed by atoms with Gasteiger partial charge in [0.1, 0.15) is 0 Å². The van der Waals surface area contributed by atoms with Crippen LogP contribution in [0.5, 0.6) is 0 Å². The Labute approximate surface area is 102 Å². The lowest BCUT2D eigenvalue weighted by atomic mass is 10.0. The average molecular weight is 230 g/mol. The Kier molecular flexibility index (Phi) is 3.59. The number of hydrogen-bond acceptors (Lipinski definition) is 2. The summed E-state index contributed by atoms with van der Waals surface area (Å²) in [5.41, 5.74) is 4.53. The number of anilines is 1. The molecule has 1 amide bonds. The third-order valence-corrected chi connectivity index (χ3v) is 2.78. The zero-order valence-electron chi connectivity index (χ0n) is 10.3. The van der Waals surface area contributed by atoms with E-state index in [1.165, 1.54) is 11.1 Å². The van der Waals surface area contributed by atoms with Crippen molar-refractivity contribution in [2.75, 3.05) is 11.9 Å². The van der Waals surface area contributed by atoms with Crippen molar-refractivity contribution in [3.05, 3.63) is 41.0 Å². The van der Waals surface area contributed by atoms with Crippen LogP contribution in [0, 0.1) is 0 Å². The van der Waals surface area contributed by atoms with Crippen LogP contribution in [0.15, 0.2) is 29.8 Å². The number of carbonyl (C=O) groups excluding carboxylic acids is 1. The average Bonchev–Trinajstić information content (AvgIpc) is 2.27. The highest BCUT2D eigenvalue weighted by molar-refractivity contribution is 5.99. The van der Waals surface area contributed by atoms with Crippen LogP contribution in [-0.2, 0) is 17.8 Å². The first-order valence-corrected chi connectivity index (χ1v) is 5.93. The van der Waals surface area contributed by atoms with Gasteiger partial charge in [-0.25, -0.2) is 0 Å². The molecule has 3 heteroatoms. The molecule has 1 aliphatic heterocycles. The number of fused-ring (bicyclic) bond motifs is 1. The van der Waals surface area contributed by atoms with Gasteiger partial charge in [0, 0.05) is 18.3 Å². The number of carbonyl (C=O) groups is 1. The molecule has 3 nitrogen and oxygen atoms in total. The molecule has 2 N–H and O–H groups in total. The first-order valence-electron chi connectivity index (χ1n) is 5.93. The van der Waals surface area contributed by atoms with E-state index in [4.69, 9.17) is 0 Å². The quantitative estimate of drug-likeness (QED) is 0.765. The van der Waals surface area contributed by atoms with E-state index in [9.17, 15) is 4.79 Å². The molecule has 0 spiro atoms. The lowest BCUT2D eigenvalue weighted by Crippen LogP contribution is -2.23. The second-order valence-electron chi connectivity index (χ2n) is 4.62. The van der Waals surface area contributed by atoms with Gasteiger partial charge in [-0.1, -0.05) is 11.6 Å². The van der Waals surface area contributed by atoms with Gasteiger partial charge in [0.2, 0.25) is 5.91 Å². The summed E-state index contributed by atoms with van der Waals surface area (Å²) in [5.74, 6) is -0.0614. The maximum Gasteiger partial charge on any atom is 0.248 e. The van der Waals surface area contributed by atoms with Crippen LogP contribution in [0.2, 0.25) is 0 Å². The summed E-state index contributed by atoms with van der Waals surface area (Å²) in [6.07, 6.45) is 2.68. The van der Waals surface area contributed by atoms with Gasteiger partial charge < -0.3 is 10.6 Å². The van der Waals surface area contributed by atoms with Gasteiger partial charge in [-0.05, 0) is 50.1 Å². The van der Waals surface area contributed by atoms with Gasteiger partial charge in [-0.15, -0.1) is 0 Å². The van der Waals surface area contributed by atoms with Crippen molar-refractivity contribution < 1.29 is 4.79 Å². The van der Waals surface area contributed by atoms with Crippen LogP contribution in [0.1, 0.15) is 25.0 Å². The normalized spacial score (nSPS) is 13.8. The highest BCUT2D eigenvalue weighted by atomic mass is 16.1. The van der Waals surface area contributed by atoms with E-state index in [0.717, 1.165) is 30.8 Å². The summed E-state index contributed by atoms with van der Waals surface area (Å²) in [6, 6.07) is 6.13. The molecule has 17 heavy (non-hydrogen) atoms. The highest BCUT2D eigenvalue weighted by Gasteiger charge is 2.09. The molecule has 2 rings (SSSR count). The van der Waals surface area contributed by atoms with E-state index >= 15 is 0 Å². The second kappa shape index (κ2) is 5.15. The summed E-state index contributed by atoms with van der Waals surface area (Å²) in [6.45, 7) is 5.75. The number of hydrogen-bond donors (Lipinski definition) is 2. The van der Waals surface area contributed by atoms with E-state index in [0.29, 0.717) is 0 Å². The van der Waals surface area contributed by atoms with E-state index in [2.05, 4.69) is 22.8 Å². The SMILES string of the molecule is CC(C)=CC(=O)Nc1ccc2c(c1)CNCC2. The molecule has 0 unspecified atom stereocenters. The molecular formula is C14H18N2O. The molecule has 0 saturated carbocycles. The fourth-order valence-electron chi connectivity index (χ4n) is 2.00. The standard InChI is InChI=1S/C14H18N2O/c1-10(2)7-14(17)16-13-4-3-11-5-6-15-9-12(11)8-13/h3-4,7-8,15H,5-6,9H2,1-2H3,(H,16,17). The predicted molar refractivity (Wildman–Crippen MR) is 69.9 cm³/mol. The van der Waals surface area contributed by atoms with Crippen LogP contribution in [0.3, 0.4) is 0 Å². The van der Waals surface area contributed by atoms with E-state index in [1.807, 2.05) is 19.9 Å². The number of nitrogens with one attached hydrogen (secondary N) is 2. The van der Waals surface area contributed by atoms with Crippen LogP contribution >= 0.6 is 0 Å². The van der Waals surface area contributed by atoms with Gasteiger partial charge in [0.25, 0.3) is 0 Å². The van der Waals surface area contributed by atoms with Gasteiger partial charge in [0.15, 0.2) is 0 Å². The van der Waals surface area contributed by atoms with Gasteiger partial charge >= 0.3 is 0 Å². The molecule has 0 radical (unpaired) electrons. The summed E-state index contributed by atoms with van der Waals surface area (Å²) < 4.78 is 0. The first kappa shape index (κ1) is 11.9. The lowest BCUT2D eigenvalue weighted by molar-refractivity contribution is -0.111. The molecule has 1 heterocycles. The Morgan fingerprint density at radius 3 is 2.94 bits per heavy atom.